The monoisotopic (exact) mass is 864 g/mol. The maximum atomic E-state index is 13.1. The number of carbonyl (C=O) groups excluding carboxylic acids is 1. The molecule has 1 amide bonds. The van der Waals surface area contributed by atoms with Crippen LogP contribution in [-0.2, 0) is 28.9 Å². The highest BCUT2D eigenvalue weighted by Gasteiger charge is 2.48. The fourth-order valence-electron chi connectivity index (χ4n) is 7.34. The fraction of sp³-hybridized carbons (Fsp3) is 0.889. The van der Waals surface area contributed by atoms with Gasteiger partial charge in [-0.25, -0.2) is 4.18 Å². The second-order valence-corrected chi connectivity index (χ2v) is 17.5. The van der Waals surface area contributed by atoms with Crippen LogP contribution in [0.25, 0.3) is 0 Å². The van der Waals surface area contributed by atoms with Gasteiger partial charge in [-0.05, 0) is 44.9 Å². The molecule has 0 aliphatic carbocycles. The number of ether oxygens (including phenoxy) is 2. The zero-order valence-corrected chi connectivity index (χ0v) is 37.5. The summed E-state index contributed by atoms with van der Waals surface area (Å²) in [6.45, 7) is 3.20. The number of carbonyl (C=O) groups is 1. The number of rotatable bonds is 39. The molecule has 13 nitrogen and oxygen atoms in total. The van der Waals surface area contributed by atoms with E-state index in [0.29, 0.717) is 12.8 Å². The third kappa shape index (κ3) is 28.7. The molecule has 8 unspecified atom stereocenters. The number of allylic oxidation sites excluding steroid dienone is 3. The molecule has 1 saturated heterocycles. The van der Waals surface area contributed by atoms with E-state index in [2.05, 4.69) is 35.5 Å². The number of amides is 1. The molecule has 1 aliphatic heterocycles. The van der Waals surface area contributed by atoms with Gasteiger partial charge in [-0.15, -0.1) is 0 Å². The highest BCUT2D eigenvalue weighted by molar-refractivity contribution is 7.80. The number of aliphatic hydroxyl groups excluding tert-OH is 5. The largest absolute Gasteiger partial charge is 0.397 e. The standard InChI is InChI=1S/C45H85NO12S/c1-3-5-7-9-11-13-15-17-19-20-22-23-25-27-29-31-33-38(48)37(36-56-45-42(51)43(58-59(53,54)55)41(50)40(35-47)57-45)46-44(52)39(49)34-32-30-28-26-24-21-18-16-14-12-10-8-6-4-2/h14,16,31,33,37-43,45,47-51H,3-13,15,17-30,32,34-36H2,1-2H3,(H,46,52)(H,53,54,55)/b16-14-,33-31+. The van der Waals surface area contributed by atoms with Gasteiger partial charge in [0.1, 0.15) is 30.5 Å². The second-order valence-electron chi connectivity index (χ2n) is 16.5. The maximum Gasteiger partial charge on any atom is 0.397 e. The first kappa shape index (κ1) is 55.6. The topological polar surface area (TPSA) is 212 Å². The van der Waals surface area contributed by atoms with E-state index < -0.39 is 78.5 Å². The maximum absolute atomic E-state index is 13.1. The van der Waals surface area contributed by atoms with Gasteiger partial charge in [-0.1, -0.05) is 173 Å². The van der Waals surface area contributed by atoms with Crippen molar-refractivity contribution in [3.63, 3.8) is 0 Å². The molecule has 1 fully saturated rings. The van der Waals surface area contributed by atoms with E-state index in [1.807, 2.05) is 6.08 Å². The number of hydrogen-bond acceptors (Lipinski definition) is 11. The molecule has 7 N–H and O–H groups in total. The van der Waals surface area contributed by atoms with Gasteiger partial charge in [0.25, 0.3) is 0 Å². The lowest BCUT2D eigenvalue weighted by Crippen LogP contribution is -2.61. The molecule has 14 heteroatoms. The van der Waals surface area contributed by atoms with Crippen molar-refractivity contribution in [2.75, 3.05) is 13.2 Å². The molecule has 8 atom stereocenters. The summed E-state index contributed by atoms with van der Waals surface area (Å²) in [6.07, 6.45) is 28.2. The average Bonchev–Trinajstić information content (AvgIpc) is 3.20. The summed E-state index contributed by atoms with van der Waals surface area (Å²) in [5.74, 6) is -0.708. The number of aliphatic hydroxyl groups is 5. The molecule has 0 aromatic rings. The SMILES string of the molecule is CCCCCC/C=C\CCCCCCCCC(O)C(=O)NC(COC1OC(CO)C(O)C(OS(=O)(=O)O)C1O)C(O)/C=C/CCCCCCCCCCCCCCCC. The Morgan fingerprint density at radius 2 is 1.12 bits per heavy atom. The summed E-state index contributed by atoms with van der Waals surface area (Å²) in [7, 11) is -5.12. The third-order valence-corrected chi connectivity index (χ3v) is 11.5. The number of unbranched alkanes of at least 4 members (excludes halogenated alkanes) is 24. The van der Waals surface area contributed by atoms with Crippen molar-refractivity contribution < 1.29 is 57.0 Å². The first-order valence-electron chi connectivity index (χ1n) is 23.3. The molecule has 0 radical (unpaired) electrons. The van der Waals surface area contributed by atoms with Crippen LogP contribution >= 0.6 is 0 Å². The van der Waals surface area contributed by atoms with Crippen molar-refractivity contribution in [3.05, 3.63) is 24.3 Å². The quantitative estimate of drug-likeness (QED) is 0.0179. The van der Waals surface area contributed by atoms with Crippen LogP contribution in [0.5, 0.6) is 0 Å². The van der Waals surface area contributed by atoms with Gasteiger partial charge in [0.2, 0.25) is 5.91 Å². The van der Waals surface area contributed by atoms with Crippen LogP contribution in [-0.4, -0.2) is 107 Å². The van der Waals surface area contributed by atoms with E-state index >= 15 is 0 Å². The van der Waals surface area contributed by atoms with Crippen LogP contribution in [0.15, 0.2) is 24.3 Å². The van der Waals surface area contributed by atoms with Gasteiger partial charge in [-0.2, -0.15) is 8.42 Å². The van der Waals surface area contributed by atoms with E-state index in [1.54, 1.807) is 0 Å². The highest BCUT2D eigenvalue weighted by Crippen LogP contribution is 2.26. The zero-order chi connectivity index (χ0) is 43.6. The lowest BCUT2D eigenvalue weighted by molar-refractivity contribution is -0.298. The predicted octanol–water partition coefficient (Wildman–Crippen LogP) is 7.91. The Balaban J connectivity index is 2.60. The van der Waals surface area contributed by atoms with Crippen molar-refractivity contribution in [1.29, 1.82) is 0 Å². The van der Waals surface area contributed by atoms with Crippen molar-refractivity contribution in [3.8, 4) is 0 Å². The Kier molecular flexibility index (Phi) is 34.0. The summed E-state index contributed by atoms with van der Waals surface area (Å²) in [5.41, 5.74) is 0. The minimum atomic E-state index is -5.12. The van der Waals surface area contributed by atoms with Crippen LogP contribution in [0.1, 0.15) is 194 Å². The first-order valence-corrected chi connectivity index (χ1v) is 24.7. The third-order valence-electron chi connectivity index (χ3n) is 11.1. The average molecular weight is 864 g/mol. The Bertz CT molecular complexity index is 1170. The summed E-state index contributed by atoms with van der Waals surface area (Å²) in [4.78, 5) is 13.1. The van der Waals surface area contributed by atoms with E-state index in [1.165, 1.54) is 102 Å². The minimum absolute atomic E-state index is 0.237. The molecular weight excluding hydrogens is 779 g/mol. The lowest BCUT2D eigenvalue weighted by Gasteiger charge is -2.41. The molecule has 1 heterocycles. The summed E-state index contributed by atoms with van der Waals surface area (Å²) >= 11 is 0. The Morgan fingerprint density at radius 3 is 1.59 bits per heavy atom. The Hall–Kier alpha value is -1.46. The molecule has 0 bridgehead atoms. The van der Waals surface area contributed by atoms with Crippen LogP contribution < -0.4 is 5.32 Å². The summed E-state index contributed by atoms with van der Waals surface area (Å²) in [6, 6.07) is -1.12. The zero-order valence-electron chi connectivity index (χ0n) is 36.7. The number of nitrogens with one attached hydrogen (secondary N) is 1. The lowest BCUT2D eigenvalue weighted by atomic mass is 9.99. The van der Waals surface area contributed by atoms with Crippen LogP contribution in [0, 0.1) is 0 Å². The fourth-order valence-corrected chi connectivity index (χ4v) is 7.85. The highest BCUT2D eigenvalue weighted by atomic mass is 32.3. The minimum Gasteiger partial charge on any atom is -0.394 e. The van der Waals surface area contributed by atoms with Crippen LogP contribution in [0.3, 0.4) is 0 Å². The number of hydrogen-bond donors (Lipinski definition) is 7. The van der Waals surface area contributed by atoms with Crippen molar-refractivity contribution in [2.45, 2.75) is 243 Å². The van der Waals surface area contributed by atoms with E-state index in [4.69, 9.17) is 9.47 Å². The van der Waals surface area contributed by atoms with Crippen molar-refractivity contribution >= 4 is 16.3 Å². The van der Waals surface area contributed by atoms with Gasteiger partial charge >= 0.3 is 10.4 Å². The molecule has 0 aromatic heterocycles. The van der Waals surface area contributed by atoms with Crippen molar-refractivity contribution in [2.24, 2.45) is 0 Å². The predicted molar refractivity (Wildman–Crippen MR) is 233 cm³/mol. The molecule has 59 heavy (non-hydrogen) atoms. The van der Waals surface area contributed by atoms with Gasteiger partial charge < -0.3 is 40.3 Å². The van der Waals surface area contributed by atoms with Crippen LogP contribution in [0.2, 0.25) is 0 Å². The molecule has 0 spiro atoms. The summed E-state index contributed by atoms with van der Waals surface area (Å²) < 4.78 is 47.5. The van der Waals surface area contributed by atoms with E-state index in [9.17, 15) is 43.3 Å². The van der Waals surface area contributed by atoms with Crippen molar-refractivity contribution in [1.82, 2.24) is 5.32 Å². The Morgan fingerprint density at radius 1 is 0.678 bits per heavy atom. The molecule has 0 saturated carbocycles. The van der Waals surface area contributed by atoms with Gasteiger partial charge in [0.05, 0.1) is 25.4 Å². The van der Waals surface area contributed by atoms with E-state index in [-0.39, 0.29) is 6.42 Å². The van der Waals surface area contributed by atoms with E-state index in [0.717, 1.165) is 64.2 Å². The van der Waals surface area contributed by atoms with Crippen LogP contribution in [0.4, 0.5) is 0 Å². The molecule has 0 aromatic carbocycles. The van der Waals surface area contributed by atoms with Gasteiger partial charge in [0.15, 0.2) is 6.29 Å². The van der Waals surface area contributed by atoms with Gasteiger partial charge in [0, 0.05) is 0 Å². The second kappa shape index (κ2) is 36.1. The molecule has 1 rings (SSSR count). The molecule has 1 aliphatic rings. The smallest absolute Gasteiger partial charge is 0.394 e. The first-order chi connectivity index (χ1) is 28.4. The Labute approximate surface area is 357 Å². The molecular formula is C45H85NO12S. The summed E-state index contributed by atoms with van der Waals surface area (Å²) in [5, 5.41) is 55.2. The van der Waals surface area contributed by atoms with Gasteiger partial charge in [-0.3, -0.25) is 9.35 Å². The molecule has 348 valence electrons. The normalized spacial score (nSPS) is 21.7.